The highest BCUT2D eigenvalue weighted by molar-refractivity contribution is 5.65. The Balaban J connectivity index is 2.57. The summed E-state index contributed by atoms with van der Waals surface area (Å²) < 4.78 is 0. The maximum atomic E-state index is 10.8. The van der Waals surface area contributed by atoms with Gasteiger partial charge in [0, 0.05) is 6.54 Å². The topological polar surface area (TPSA) is 87.4 Å². The third kappa shape index (κ3) is 6.60. The second-order valence-corrected chi connectivity index (χ2v) is 5.54. The number of nitrogens with two attached hydrogens (primary N) is 1. The summed E-state index contributed by atoms with van der Waals surface area (Å²) in [5, 5.41) is 14.7. The van der Waals surface area contributed by atoms with Crippen molar-refractivity contribution in [1.82, 2.24) is 10.6 Å². The number of nitrogens with one attached hydrogen (secondary N) is 2. The van der Waals surface area contributed by atoms with Crippen LogP contribution in [0, 0.1) is 0 Å². The van der Waals surface area contributed by atoms with E-state index in [0.717, 1.165) is 31.4 Å². The molecule has 5 nitrogen and oxygen atoms in total. The van der Waals surface area contributed by atoms with Crippen LogP contribution in [-0.4, -0.2) is 23.4 Å². The molecule has 0 radical (unpaired) electrons. The van der Waals surface area contributed by atoms with Gasteiger partial charge < -0.3 is 16.2 Å². The predicted molar refractivity (Wildman–Crippen MR) is 85.1 cm³/mol. The molecule has 0 unspecified atom stereocenters. The van der Waals surface area contributed by atoms with Gasteiger partial charge in [-0.25, -0.2) is 4.79 Å². The Morgan fingerprint density at radius 1 is 1.33 bits per heavy atom. The third-order valence-electron chi connectivity index (χ3n) is 3.68. The van der Waals surface area contributed by atoms with Crippen LogP contribution >= 0.6 is 0 Å². The van der Waals surface area contributed by atoms with E-state index >= 15 is 0 Å². The lowest BCUT2D eigenvalue weighted by Crippen LogP contribution is -2.55. The van der Waals surface area contributed by atoms with Gasteiger partial charge in [-0.15, -0.1) is 0 Å². The van der Waals surface area contributed by atoms with Gasteiger partial charge in [0.15, 0.2) is 0 Å². The van der Waals surface area contributed by atoms with Crippen molar-refractivity contribution in [3.63, 3.8) is 0 Å². The molecule has 1 aromatic rings. The highest BCUT2D eigenvalue weighted by Crippen LogP contribution is 2.11. The molecule has 0 spiro atoms. The van der Waals surface area contributed by atoms with E-state index in [4.69, 9.17) is 10.8 Å². The normalized spacial score (nSPS) is 13.7. The summed E-state index contributed by atoms with van der Waals surface area (Å²) in [6.45, 7) is 5.17. The minimum absolute atomic E-state index is 0.610. The molecule has 1 aromatic carbocycles. The number of rotatable bonds is 9. The van der Waals surface area contributed by atoms with E-state index in [9.17, 15) is 4.79 Å². The highest BCUT2D eigenvalue weighted by Gasteiger charge is 2.22. The number of amides is 1. The minimum Gasteiger partial charge on any atom is -0.465 e. The maximum Gasteiger partial charge on any atom is 0.406 e. The average Bonchev–Trinajstić information content (AvgIpc) is 2.45. The number of hydrogen-bond donors (Lipinski definition) is 4. The summed E-state index contributed by atoms with van der Waals surface area (Å²) in [7, 11) is 0. The van der Waals surface area contributed by atoms with Gasteiger partial charge in [-0.05, 0) is 50.3 Å². The van der Waals surface area contributed by atoms with Gasteiger partial charge in [-0.1, -0.05) is 31.2 Å². The molecule has 118 valence electrons. The quantitative estimate of drug-likeness (QED) is 0.416. The first-order valence-electron chi connectivity index (χ1n) is 7.53. The number of hydrogen-bond acceptors (Lipinski definition) is 3. The molecule has 1 rings (SSSR count). The van der Waals surface area contributed by atoms with Crippen LogP contribution in [0.5, 0.6) is 0 Å². The van der Waals surface area contributed by atoms with Crippen LogP contribution < -0.4 is 16.4 Å². The predicted octanol–water partition coefficient (Wildman–Crippen LogP) is 2.45. The minimum atomic E-state index is -1.01. The van der Waals surface area contributed by atoms with Gasteiger partial charge in [0.1, 0.15) is 0 Å². The third-order valence-corrected chi connectivity index (χ3v) is 3.68. The molecule has 0 aliphatic heterocycles. The smallest absolute Gasteiger partial charge is 0.406 e. The Kier molecular flexibility index (Phi) is 7.19. The molecule has 0 heterocycles. The number of unbranched alkanes of at least 4 members (excludes halogenated alkanes) is 1. The molecule has 21 heavy (non-hydrogen) atoms. The van der Waals surface area contributed by atoms with E-state index in [1.807, 2.05) is 19.9 Å². The number of carboxylic acid groups (broad SMARTS) is 1. The largest absolute Gasteiger partial charge is 0.465 e. The first-order valence-corrected chi connectivity index (χ1v) is 7.53. The van der Waals surface area contributed by atoms with Crippen molar-refractivity contribution in [2.45, 2.75) is 51.7 Å². The molecular weight excluding hydrogens is 266 g/mol. The fraction of sp³-hybridized carbons (Fsp3) is 0.562. The van der Waals surface area contributed by atoms with E-state index in [-0.39, 0.29) is 0 Å². The van der Waals surface area contributed by atoms with E-state index in [1.54, 1.807) is 0 Å². The maximum absolute atomic E-state index is 10.8. The Morgan fingerprint density at radius 2 is 2.05 bits per heavy atom. The van der Waals surface area contributed by atoms with Crippen LogP contribution in [0.15, 0.2) is 24.3 Å². The summed E-state index contributed by atoms with van der Waals surface area (Å²) in [6.07, 6.45) is 2.83. The van der Waals surface area contributed by atoms with Gasteiger partial charge in [0.2, 0.25) is 0 Å². The van der Waals surface area contributed by atoms with Crippen molar-refractivity contribution in [3.05, 3.63) is 35.4 Å². The molecule has 0 aliphatic carbocycles. The molecule has 0 aliphatic rings. The molecule has 0 saturated carbocycles. The molecular formula is C16H27N3O2. The van der Waals surface area contributed by atoms with Gasteiger partial charge in [0.05, 0.1) is 5.66 Å². The molecule has 5 N–H and O–H groups in total. The van der Waals surface area contributed by atoms with Crippen molar-refractivity contribution in [2.24, 2.45) is 5.73 Å². The number of benzene rings is 1. The molecule has 0 aromatic heterocycles. The zero-order valence-electron chi connectivity index (χ0n) is 13.0. The first kappa shape index (κ1) is 17.5. The van der Waals surface area contributed by atoms with E-state index in [0.29, 0.717) is 13.0 Å². The monoisotopic (exact) mass is 293 g/mol. The lowest BCUT2D eigenvalue weighted by Gasteiger charge is -2.29. The van der Waals surface area contributed by atoms with E-state index in [2.05, 4.69) is 28.8 Å². The lowest BCUT2D eigenvalue weighted by atomic mass is 10.0. The van der Waals surface area contributed by atoms with Crippen LogP contribution in [-0.2, 0) is 13.0 Å². The van der Waals surface area contributed by atoms with Crippen molar-refractivity contribution in [1.29, 1.82) is 0 Å². The summed E-state index contributed by atoms with van der Waals surface area (Å²) in [6, 6.07) is 8.38. The Labute approximate surface area is 126 Å². The first-order chi connectivity index (χ1) is 9.99. The van der Waals surface area contributed by atoms with Gasteiger partial charge in [0.25, 0.3) is 0 Å². The second kappa shape index (κ2) is 8.64. The average molecular weight is 293 g/mol. The van der Waals surface area contributed by atoms with Gasteiger partial charge >= 0.3 is 6.09 Å². The Bertz CT molecular complexity index is 451. The summed E-state index contributed by atoms with van der Waals surface area (Å²) in [5.41, 5.74) is 7.36. The van der Waals surface area contributed by atoms with Crippen LogP contribution in [0.1, 0.15) is 44.2 Å². The molecule has 1 atom stereocenters. The van der Waals surface area contributed by atoms with Crippen molar-refractivity contribution >= 4 is 6.09 Å². The van der Waals surface area contributed by atoms with Crippen molar-refractivity contribution in [3.8, 4) is 0 Å². The van der Waals surface area contributed by atoms with Gasteiger partial charge in [-0.3, -0.25) is 5.32 Å². The highest BCUT2D eigenvalue weighted by atomic mass is 16.4. The summed E-state index contributed by atoms with van der Waals surface area (Å²) >= 11 is 0. The van der Waals surface area contributed by atoms with Crippen LogP contribution in [0.4, 0.5) is 4.79 Å². The zero-order valence-corrected chi connectivity index (χ0v) is 13.0. The standard InChI is InChI=1S/C16H27N3O2/c1-3-16(2,19-15(20)21)18-12-14-9-6-8-13(11-14)7-4-5-10-17/h6,8-9,11,18-19H,3-5,7,10,12,17H2,1-2H3,(H,20,21)/t16-/m1/s1. The van der Waals surface area contributed by atoms with Crippen LogP contribution in [0.3, 0.4) is 0 Å². The molecule has 5 heteroatoms. The summed E-state index contributed by atoms with van der Waals surface area (Å²) in [5.74, 6) is 0. The van der Waals surface area contributed by atoms with Crippen LogP contribution in [0.25, 0.3) is 0 Å². The number of aryl methyl sites for hydroxylation is 1. The molecule has 0 fully saturated rings. The number of carbonyl (C=O) groups is 1. The van der Waals surface area contributed by atoms with Crippen molar-refractivity contribution < 1.29 is 9.90 Å². The fourth-order valence-corrected chi connectivity index (χ4v) is 2.16. The fourth-order valence-electron chi connectivity index (χ4n) is 2.16. The Hall–Kier alpha value is -1.59. The van der Waals surface area contributed by atoms with Gasteiger partial charge in [-0.2, -0.15) is 0 Å². The zero-order chi connectivity index (χ0) is 15.7. The van der Waals surface area contributed by atoms with Crippen LogP contribution in [0.2, 0.25) is 0 Å². The lowest BCUT2D eigenvalue weighted by molar-refractivity contribution is 0.169. The SMILES string of the molecule is CC[C@](C)(NCc1cccc(CCCCN)c1)NC(=O)O. The molecule has 1 amide bonds. The van der Waals surface area contributed by atoms with Crippen molar-refractivity contribution in [2.75, 3.05) is 6.54 Å². The van der Waals surface area contributed by atoms with E-state index in [1.165, 1.54) is 5.56 Å². The summed E-state index contributed by atoms with van der Waals surface area (Å²) in [4.78, 5) is 10.8. The Morgan fingerprint density at radius 3 is 2.67 bits per heavy atom. The van der Waals surface area contributed by atoms with E-state index < -0.39 is 11.8 Å². The molecule has 0 bridgehead atoms. The molecule has 0 saturated heterocycles. The second-order valence-electron chi connectivity index (χ2n) is 5.54.